The van der Waals surface area contributed by atoms with E-state index in [9.17, 15) is 0 Å². The Hall–Kier alpha value is -3.82. The summed E-state index contributed by atoms with van der Waals surface area (Å²) in [5.41, 5.74) is 7.23. The van der Waals surface area contributed by atoms with Gasteiger partial charge < -0.3 is 9.13 Å². The van der Waals surface area contributed by atoms with Gasteiger partial charge in [-0.3, -0.25) is 0 Å². The normalized spacial score (nSPS) is 11.8. The Bertz CT molecular complexity index is 1810. The average molecular weight is 487 g/mol. The number of benzene rings is 5. The molecule has 0 aliphatic heterocycles. The highest BCUT2D eigenvalue weighted by Gasteiger charge is 2.20. The van der Waals surface area contributed by atoms with Gasteiger partial charge in [-0.2, -0.15) is 0 Å². The maximum atomic E-state index is 3.70. The number of aromatic nitrogens is 2. The van der Waals surface area contributed by atoms with Crippen molar-refractivity contribution >= 4 is 59.5 Å². The van der Waals surface area contributed by atoms with Crippen LogP contribution in [-0.4, -0.2) is 9.13 Å². The fraction of sp³-hybridized carbons (Fsp3) is 0. The molecule has 7 aromatic rings. The number of para-hydroxylation sites is 3. The zero-order valence-electron chi connectivity index (χ0n) is 17.7. The summed E-state index contributed by atoms with van der Waals surface area (Å²) >= 11 is 3.70. The molecule has 0 spiro atoms. The molecular weight excluding hydrogens is 468 g/mol. The van der Waals surface area contributed by atoms with Crippen molar-refractivity contribution in [1.29, 1.82) is 0 Å². The predicted molar refractivity (Wildman–Crippen MR) is 143 cm³/mol. The van der Waals surface area contributed by atoms with E-state index in [0.29, 0.717) is 0 Å². The second-order valence-corrected chi connectivity index (χ2v) is 9.29. The lowest BCUT2D eigenvalue weighted by molar-refractivity contribution is 1.17. The summed E-state index contributed by atoms with van der Waals surface area (Å²) in [5.74, 6) is 0. The van der Waals surface area contributed by atoms with Gasteiger partial charge in [0, 0.05) is 37.4 Å². The Morgan fingerprint density at radius 3 is 1.85 bits per heavy atom. The van der Waals surface area contributed by atoms with Gasteiger partial charge in [0.05, 0.1) is 22.1 Å². The van der Waals surface area contributed by atoms with Crippen molar-refractivity contribution in [1.82, 2.24) is 9.13 Å². The Labute approximate surface area is 199 Å². The highest BCUT2D eigenvalue weighted by atomic mass is 79.9. The Morgan fingerprint density at radius 2 is 1.09 bits per heavy atom. The van der Waals surface area contributed by atoms with E-state index in [4.69, 9.17) is 0 Å². The first kappa shape index (κ1) is 18.7. The van der Waals surface area contributed by atoms with Crippen LogP contribution >= 0.6 is 15.9 Å². The van der Waals surface area contributed by atoms with E-state index in [0.717, 1.165) is 4.47 Å². The molecule has 5 aromatic carbocycles. The smallest absolute Gasteiger partial charge is 0.0641 e. The van der Waals surface area contributed by atoms with E-state index in [1.165, 1.54) is 55.0 Å². The van der Waals surface area contributed by atoms with Crippen LogP contribution in [0.15, 0.2) is 120 Å². The van der Waals surface area contributed by atoms with Crippen LogP contribution in [0, 0.1) is 0 Å². The predicted octanol–water partition coefficient (Wildman–Crippen LogP) is 8.64. The van der Waals surface area contributed by atoms with Crippen LogP contribution in [0.1, 0.15) is 0 Å². The van der Waals surface area contributed by atoms with Crippen molar-refractivity contribution in [3.8, 4) is 11.4 Å². The summed E-state index contributed by atoms with van der Waals surface area (Å²) in [5, 5.41) is 5.07. The largest absolute Gasteiger partial charge is 0.309 e. The van der Waals surface area contributed by atoms with E-state index in [-0.39, 0.29) is 0 Å². The fourth-order valence-electron chi connectivity index (χ4n) is 5.23. The molecule has 156 valence electrons. The highest BCUT2D eigenvalue weighted by Crippen LogP contribution is 2.42. The molecule has 2 heterocycles. The highest BCUT2D eigenvalue weighted by molar-refractivity contribution is 9.10. The second-order valence-electron chi connectivity index (χ2n) is 8.38. The number of halogens is 1. The molecule has 0 fully saturated rings. The summed E-state index contributed by atoms with van der Waals surface area (Å²) < 4.78 is 5.88. The Balaban J connectivity index is 1.77. The molecule has 0 amide bonds. The molecular formula is C30H19BrN2. The molecule has 0 aliphatic rings. The van der Waals surface area contributed by atoms with Gasteiger partial charge in [-0.05, 0) is 48.5 Å². The summed E-state index contributed by atoms with van der Waals surface area (Å²) in [6, 6.07) is 41.2. The van der Waals surface area contributed by atoms with Crippen LogP contribution in [0.2, 0.25) is 0 Å². The van der Waals surface area contributed by atoms with Gasteiger partial charge >= 0.3 is 0 Å². The monoisotopic (exact) mass is 486 g/mol. The lowest BCUT2D eigenvalue weighted by Crippen LogP contribution is -1.95. The maximum Gasteiger partial charge on any atom is 0.0641 e. The lowest BCUT2D eigenvalue weighted by atomic mass is 10.1. The van der Waals surface area contributed by atoms with Crippen LogP contribution in [0.25, 0.3) is 55.0 Å². The SMILES string of the molecule is Brc1ccc2c3ccc4c(c5ccccc5n4-c4ccccc4)c3n(-c3ccccc3)c2c1. The molecule has 0 unspecified atom stereocenters. The first-order valence-corrected chi connectivity index (χ1v) is 11.9. The van der Waals surface area contributed by atoms with Gasteiger partial charge in [0.2, 0.25) is 0 Å². The number of rotatable bonds is 2. The minimum Gasteiger partial charge on any atom is -0.309 e. The van der Waals surface area contributed by atoms with Crippen LogP contribution in [0.5, 0.6) is 0 Å². The van der Waals surface area contributed by atoms with Crippen LogP contribution in [0.3, 0.4) is 0 Å². The first-order valence-electron chi connectivity index (χ1n) is 11.1. The molecule has 0 saturated heterocycles. The fourth-order valence-corrected chi connectivity index (χ4v) is 5.58. The van der Waals surface area contributed by atoms with E-state index in [1.807, 2.05) is 0 Å². The quantitative estimate of drug-likeness (QED) is 0.231. The molecule has 0 bridgehead atoms. The minimum atomic E-state index is 1.08. The van der Waals surface area contributed by atoms with E-state index in [1.54, 1.807) is 0 Å². The molecule has 3 heteroatoms. The maximum absolute atomic E-state index is 3.70. The van der Waals surface area contributed by atoms with Crippen molar-refractivity contribution in [3.63, 3.8) is 0 Å². The molecule has 2 aromatic heterocycles. The summed E-state index contributed by atoms with van der Waals surface area (Å²) in [7, 11) is 0. The number of nitrogens with zero attached hydrogens (tertiary/aromatic N) is 2. The average Bonchev–Trinajstić information content (AvgIpc) is 3.37. The molecule has 0 radical (unpaired) electrons. The Kier molecular flexibility index (Phi) is 4.02. The van der Waals surface area contributed by atoms with E-state index < -0.39 is 0 Å². The van der Waals surface area contributed by atoms with Crippen LogP contribution in [0.4, 0.5) is 0 Å². The molecule has 0 aliphatic carbocycles. The van der Waals surface area contributed by atoms with E-state index >= 15 is 0 Å². The van der Waals surface area contributed by atoms with Crippen LogP contribution in [-0.2, 0) is 0 Å². The van der Waals surface area contributed by atoms with Crippen molar-refractivity contribution < 1.29 is 0 Å². The second kappa shape index (κ2) is 7.09. The Morgan fingerprint density at radius 1 is 0.455 bits per heavy atom. The van der Waals surface area contributed by atoms with Gasteiger partial charge in [0.15, 0.2) is 0 Å². The third kappa shape index (κ3) is 2.66. The zero-order chi connectivity index (χ0) is 21.9. The number of hydrogen-bond donors (Lipinski definition) is 0. The zero-order valence-corrected chi connectivity index (χ0v) is 19.3. The van der Waals surface area contributed by atoms with Gasteiger partial charge in [-0.25, -0.2) is 0 Å². The summed E-state index contributed by atoms with van der Waals surface area (Å²) in [4.78, 5) is 0. The summed E-state index contributed by atoms with van der Waals surface area (Å²) in [6.45, 7) is 0. The van der Waals surface area contributed by atoms with Crippen molar-refractivity contribution in [2.75, 3.05) is 0 Å². The topological polar surface area (TPSA) is 9.86 Å². The standard InChI is InChI=1S/C30H19BrN2/c31-20-15-16-23-24-17-18-27-29(30(24)33(28(23)19-20)22-11-5-2-6-12-22)25-13-7-8-14-26(25)32(27)21-9-3-1-4-10-21/h1-19H. The van der Waals surface area contributed by atoms with Gasteiger partial charge in [-0.1, -0.05) is 82.7 Å². The molecule has 0 saturated carbocycles. The third-order valence-corrected chi connectivity index (χ3v) is 7.05. The van der Waals surface area contributed by atoms with Gasteiger partial charge in [0.1, 0.15) is 0 Å². The van der Waals surface area contributed by atoms with Gasteiger partial charge in [0.25, 0.3) is 0 Å². The van der Waals surface area contributed by atoms with Crippen molar-refractivity contribution in [2.45, 2.75) is 0 Å². The number of hydrogen-bond acceptors (Lipinski definition) is 0. The van der Waals surface area contributed by atoms with E-state index in [2.05, 4.69) is 140 Å². The molecule has 0 N–H and O–H groups in total. The number of fused-ring (bicyclic) bond motifs is 7. The molecule has 0 atom stereocenters. The molecule has 7 rings (SSSR count). The molecule has 2 nitrogen and oxygen atoms in total. The third-order valence-electron chi connectivity index (χ3n) is 6.55. The summed E-state index contributed by atoms with van der Waals surface area (Å²) in [6.07, 6.45) is 0. The molecule has 33 heavy (non-hydrogen) atoms. The van der Waals surface area contributed by atoms with Crippen molar-refractivity contribution in [2.24, 2.45) is 0 Å². The van der Waals surface area contributed by atoms with Crippen LogP contribution < -0.4 is 0 Å². The van der Waals surface area contributed by atoms with Gasteiger partial charge in [-0.15, -0.1) is 0 Å². The lowest BCUT2D eigenvalue weighted by Gasteiger charge is -2.10. The van der Waals surface area contributed by atoms with Crippen molar-refractivity contribution in [3.05, 3.63) is 120 Å². The minimum absolute atomic E-state index is 1.08. The first-order chi connectivity index (χ1) is 16.3.